The topological polar surface area (TPSA) is 181 Å². The number of amides is 2. The van der Waals surface area contributed by atoms with E-state index in [1.807, 2.05) is 0 Å². The summed E-state index contributed by atoms with van der Waals surface area (Å²) in [6, 6.07) is 3.69. The molecule has 16 heteroatoms. The first-order chi connectivity index (χ1) is 22.8. The summed E-state index contributed by atoms with van der Waals surface area (Å²) in [7, 11) is 0. The Bertz CT molecular complexity index is 1630. The number of benzene rings is 1. The molecule has 268 valence electrons. The molecule has 15 nitrogen and oxygen atoms in total. The van der Waals surface area contributed by atoms with Crippen LogP contribution >= 0.6 is 0 Å². The predicted molar refractivity (Wildman–Crippen MR) is 176 cm³/mol. The van der Waals surface area contributed by atoms with E-state index in [9.17, 15) is 23.6 Å². The molecule has 1 unspecified atom stereocenters. The van der Waals surface area contributed by atoms with Crippen molar-refractivity contribution in [3.8, 4) is 5.75 Å². The van der Waals surface area contributed by atoms with Crippen LogP contribution in [0.5, 0.6) is 5.75 Å². The van der Waals surface area contributed by atoms with Gasteiger partial charge >= 0.3 is 24.1 Å². The number of aromatic nitrogens is 3. The van der Waals surface area contributed by atoms with Crippen molar-refractivity contribution in [2.45, 2.75) is 91.8 Å². The largest absolute Gasteiger partial charge is 0.488 e. The standard InChI is InChI=1S/C33H45FN6O9/c1-10-45-28(41)23-18-37-40-14-13-25(39-27(23)40)38-26(29(42)47-20(3)17-36-31(44)49-33(7,8)9)22-15-21(34)11-12-24(22)46-19(2)16-35-30(43)48-32(4,5)6/h11-15,18-20,26H,10,16-17H2,1-9H3,(H,35,43)(H,36,44)(H,38,39)/t19-,20-,26?/m0/s1. The van der Waals surface area contributed by atoms with Gasteiger partial charge in [-0.3, -0.25) is 0 Å². The number of hydrogen-bond donors (Lipinski definition) is 3. The summed E-state index contributed by atoms with van der Waals surface area (Å²) in [5.41, 5.74) is -1.16. The van der Waals surface area contributed by atoms with E-state index < -0.39 is 59.4 Å². The lowest BCUT2D eigenvalue weighted by Crippen LogP contribution is -2.38. The van der Waals surface area contributed by atoms with Crippen molar-refractivity contribution >= 4 is 35.6 Å². The maximum Gasteiger partial charge on any atom is 0.407 e. The Morgan fingerprint density at radius 3 is 2.12 bits per heavy atom. The predicted octanol–water partition coefficient (Wildman–Crippen LogP) is 4.95. The SMILES string of the molecule is CCOC(=O)c1cnn2ccc(NC(C(=O)O[C@@H](C)CNC(=O)OC(C)(C)C)c3cc(F)ccc3O[C@@H](C)CNC(=O)OC(C)(C)C)nc12. The van der Waals surface area contributed by atoms with Crippen LogP contribution in [0.25, 0.3) is 5.65 Å². The van der Waals surface area contributed by atoms with Crippen molar-refractivity contribution in [1.82, 2.24) is 25.2 Å². The van der Waals surface area contributed by atoms with Crippen LogP contribution in [0.1, 0.15) is 84.3 Å². The van der Waals surface area contributed by atoms with E-state index in [0.29, 0.717) is 0 Å². The summed E-state index contributed by atoms with van der Waals surface area (Å²) >= 11 is 0. The minimum Gasteiger partial charge on any atom is -0.488 e. The third-order valence-electron chi connectivity index (χ3n) is 6.19. The third kappa shape index (κ3) is 12.1. The fraction of sp³-hybridized carbons (Fsp3) is 0.515. The van der Waals surface area contributed by atoms with Gasteiger partial charge in [0.25, 0.3) is 0 Å². The fourth-order valence-corrected chi connectivity index (χ4v) is 4.21. The Morgan fingerprint density at radius 2 is 1.53 bits per heavy atom. The molecule has 2 heterocycles. The van der Waals surface area contributed by atoms with Gasteiger partial charge in [0.05, 0.1) is 25.9 Å². The molecule has 3 N–H and O–H groups in total. The highest BCUT2D eigenvalue weighted by molar-refractivity contribution is 5.95. The van der Waals surface area contributed by atoms with Gasteiger partial charge in [-0.05, 0) is 86.6 Å². The van der Waals surface area contributed by atoms with Crippen LogP contribution in [-0.2, 0) is 23.7 Å². The summed E-state index contributed by atoms with van der Waals surface area (Å²) < 4.78 is 43.5. The van der Waals surface area contributed by atoms with Crippen LogP contribution in [0.2, 0.25) is 0 Å². The zero-order valence-corrected chi connectivity index (χ0v) is 29.2. The Labute approximate surface area is 284 Å². The molecule has 0 aliphatic heterocycles. The second-order valence-corrected chi connectivity index (χ2v) is 13.1. The van der Waals surface area contributed by atoms with E-state index in [1.165, 1.54) is 29.0 Å². The number of anilines is 1. The molecule has 3 atom stereocenters. The van der Waals surface area contributed by atoms with E-state index >= 15 is 0 Å². The molecular formula is C33H45FN6O9. The lowest BCUT2D eigenvalue weighted by atomic mass is 10.0. The molecule has 2 aromatic heterocycles. The number of fused-ring (bicyclic) bond motifs is 1. The van der Waals surface area contributed by atoms with Gasteiger partial charge in [-0.15, -0.1) is 0 Å². The lowest BCUT2D eigenvalue weighted by Gasteiger charge is -2.25. The average molecular weight is 689 g/mol. The number of halogens is 1. The van der Waals surface area contributed by atoms with Crippen molar-refractivity contribution < 1.29 is 47.3 Å². The quantitative estimate of drug-likeness (QED) is 0.163. The minimum absolute atomic E-state index is 0.0255. The molecule has 0 bridgehead atoms. The van der Waals surface area contributed by atoms with Gasteiger partial charge in [-0.25, -0.2) is 33.1 Å². The van der Waals surface area contributed by atoms with Crippen LogP contribution in [0.4, 0.5) is 19.8 Å². The zero-order valence-electron chi connectivity index (χ0n) is 29.2. The minimum atomic E-state index is -1.41. The number of carbonyl (C=O) groups excluding carboxylic acids is 4. The molecule has 0 radical (unpaired) electrons. The molecule has 0 saturated carbocycles. The van der Waals surface area contributed by atoms with E-state index in [2.05, 4.69) is 26.0 Å². The highest BCUT2D eigenvalue weighted by Gasteiger charge is 2.30. The van der Waals surface area contributed by atoms with Crippen LogP contribution in [0.15, 0.2) is 36.7 Å². The number of esters is 2. The van der Waals surface area contributed by atoms with Gasteiger partial charge in [-0.2, -0.15) is 5.10 Å². The first-order valence-electron chi connectivity index (χ1n) is 15.7. The smallest absolute Gasteiger partial charge is 0.407 e. The van der Waals surface area contributed by atoms with Crippen LogP contribution < -0.4 is 20.7 Å². The fourth-order valence-electron chi connectivity index (χ4n) is 4.21. The van der Waals surface area contributed by atoms with Gasteiger partial charge < -0.3 is 39.6 Å². The van der Waals surface area contributed by atoms with Crippen molar-refractivity contribution in [2.24, 2.45) is 0 Å². The lowest BCUT2D eigenvalue weighted by molar-refractivity contribution is -0.149. The summed E-state index contributed by atoms with van der Waals surface area (Å²) in [6.45, 7) is 15.3. The number of hydrogen-bond acceptors (Lipinski definition) is 12. The molecule has 49 heavy (non-hydrogen) atoms. The monoisotopic (exact) mass is 688 g/mol. The Hall–Kier alpha value is -5.15. The first kappa shape index (κ1) is 38.3. The number of ether oxygens (including phenoxy) is 5. The van der Waals surface area contributed by atoms with Crippen LogP contribution in [0, 0.1) is 5.82 Å². The van der Waals surface area contributed by atoms with Crippen molar-refractivity contribution in [3.05, 3.63) is 53.6 Å². The second kappa shape index (κ2) is 16.3. The van der Waals surface area contributed by atoms with E-state index in [1.54, 1.807) is 62.3 Å². The number of nitrogens with one attached hydrogen (secondary N) is 3. The van der Waals surface area contributed by atoms with Crippen molar-refractivity contribution in [3.63, 3.8) is 0 Å². The maximum atomic E-state index is 14.8. The molecule has 1 aromatic carbocycles. The molecule has 2 amide bonds. The van der Waals surface area contributed by atoms with Crippen molar-refractivity contribution in [1.29, 1.82) is 0 Å². The average Bonchev–Trinajstić information content (AvgIpc) is 3.40. The molecule has 0 aliphatic rings. The third-order valence-corrected chi connectivity index (χ3v) is 6.19. The summed E-state index contributed by atoms with van der Waals surface area (Å²) in [6.07, 6.45) is -0.0334. The maximum absolute atomic E-state index is 14.8. The van der Waals surface area contributed by atoms with Crippen LogP contribution in [-0.4, -0.2) is 81.8 Å². The van der Waals surface area contributed by atoms with Gasteiger partial charge in [0.1, 0.15) is 46.4 Å². The van der Waals surface area contributed by atoms with Crippen LogP contribution in [0.3, 0.4) is 0 Å². The van der Waals surface area contributed by atoms with Gasteiger partial charge in [-0.1, -0.05) is 0 Å². The number of nitrogens with zero attached hydrogens (tertiary/aromatic N) is 3. The Balaban J connectivity index is 1.92. The zero-order chi connectivity index (χ0) is 36.5. The number of alkyl carbamates (subject to hydrolysis) is 2. The van der Waals surface area contributed by atoms with E-state index in [0.717, 1.165) is 12.1 Å². The van der Waals surface area contributed by atoms with Gasteiger partial charge in [0.2, 0.25) is 0 Å². The highest BCUT2D eigenvalue weighted by atomic mass is 19.1. The molecule has 0 spiro atoms. The first-order valence-corrected chi connectivity index (χ1v) is 15.7. The highest BCUT2D eigenvalue weighted by Crippen LogP contribution is 2.31. The summed E-state index contributed by atoms with van der Waals surface area (Å²) in [5, 5.41) is 12.2. The molecule has 0 saturated heterocycles. The molecule has 0 aliphatic carbocycles. The van der Waals surface area contributed by atoms with Crippen molar-refractivity contribution in [2.75, 3.05) is 25.0 Å². The second-order valence-electron chi connectivity index (χ2n) is 13.1. The molecular weight excluding hydrogens is 643 g/mol. The number of carbonyl (C=O) groups is 4. The summed E-state index contributed by atoms with van der Waals surface area (Å²) in [5.74, 6) is -1.97. The summed E-state index contributed by atoms with van der Waals surface area (Å²) in [4.78, 5) is 55.1. The molecule has 3 rings (SSSR count). The molecule has 3 aromatic rings. The van der Waals surface area contributed by atoms with E-state index in [-0.39, 0.29) is 48.0 Å². The van der Waals surface area contributed by atoms with Gasteiger partial charge in [0.15, 0.2) is 11.7 Å². The number of rotatable bonds is 13. The van der Waals surface area contributed by atoms with Gasteiger partial charge in [0, 0.05) is 11.8 Å². The molecule has 0 fully saturated rings. The normalized spacial score (nSPS) is 13.4. The Kier molecular flexibility index (Phi) is 12.7. The van der Waals surface area contributed by atoms with E-state index in [4.69, 9.17) is 23.7 Å². The Morgan fingerprint density at radius 1 is 0.918 bits per heavy atom.